The molecule has 1 aromatic rings. The predicted octanol–water partition coefficient (Wildman–Crippen LogP) is -4.93. The lowest BCUT2D eigenvalue weighted by Gasteiger charge is -2.50. The quantitative estimate of drug-likeness (QED) is 0.438. The van der Waals surface area contributed by atoms with Gasteiger partial charge in [-0.15, -0.1) is 0 Å². The van der Waals surface area contributed by atoms with Crippen LogP contribution >= 0.6 is 0 Å². The van der Waals surface area contributed by atoms with Crippen LogP contribution in [0.5, 0.6) is 5.75 Å². The highest BCUT2D eigenvalue weighted by atomic mass is 16.5. The van der Waals surface area contributed by atoms with Crippen LogP contribution in [0.1, 0.15) is 5.56 Å². The van der Waals surface area contributed by atoms with Crippen molar-refractivity contribution in [3.8, 4) is 5.75 Å². The summed E-state index contributed by atoms with van der Waals surface area (Å²) < 4.78 is 5.48. The van der Waals surface area contributed by atoms with Crippen molar-refractivity contribution >= 4 is 0 Å². The molecule has 0 atom stereocenters. The van der Waals surface area contributed by atoms with Gasteiger partial charge in [-0.25, -0.2) is 14.7 Å². The highest BCUT2D eigenvalue weighted by molar-refractivity contribution is 5.32. The molecule has 4 aliphatic rings. The van der Waals surface area contributed by atoms with Crippen LogP contribution in [-0.2, 0) is 6.54 Å². The first-order valence-electron chi connectivity index (χ1n) is 7.73. The van der Waals surface area contributed by atoms with Crippen LogP contribution in [0.25, 0.3) is 0 Å². The molecule has 4 fully saturated rings. The maximum Gasteiger partial charge on any atom is 0.244 e. The van der Waals surface area contributed by atoms with Crippen molar-refractivity contribution in [1.29, 1.82) is 0 Å². The van der Waals surface area contributed by atoms with E-state index in [2.05, 4.69) is 29.6 Å². The Hall–Kier alpha value is -1.14. The van der Waals surface area contributed by atoms with Crippen molar-refractivity contribution < 1.29 is 24.8 Å². The van der Waals surface area contributed by atoms with Gasteiger partial charge in [0, 0.05) is 5.56 Å². The Morgan fingerprint density at radius 3 is 2.25 bits per heavy atom. The van der Waals surface area contributed by atoms with Crippen LogP contribution in [0.3, 0.4) is 0 Å². The second kappa shape index (κ2) is 4.70. The van der Waals surface area contributed by atoms with Crippen molar-refractivity contribution in [1.82, 2.24) is 0 Å². The van der Waals surface area contributed by atoms with Crippen LogP contribution in [0.15, 0.2) is 24.3 Å². The molecule has 5 N–H and O–H groups in total. The van der Waals surface area contributed by atoms with E-state index in [-0.39, 0.29) is 0 Å². The average Bonchev–Trinajstić information content (AvgIpc) is 2.44. The van der Waals surface area contributed by atoms with Crippen molar-refractivity contribution in [2.45, 2.75) is 12.1 Å². The van der Waals surface area contributed by atoms with E-state index in [1.54, 1.807) is 21.8 Å². The fourth-order valence-corrected chi connectivity index (χ4v) is 4.72. The third kappa shape index (κ3) is 2.11. The SMILES string of the molecule is COc1ccccc1C[NH2+]C12C[NH+]3C[NH+](C[NH+](C3)C1)C2. The zero-order valence-electron chi connectivity index (χ0n) is 12.2. The smallest absolute Gasteiger partial charge is 0.244 e. The van der Waals surface area contributed by atoms with E-state index in [0.717, 1.165) is 12.3 Å². The van der Waals surface area contributed by atoms with Gasteiger partial charge in [-0.1, -0.05) is 12.1 Å². The van der Waals surface area contributed by atoms with Gasteiger partial charge in [0.2, 0.25) is 25.5 Å². The van der Waals surface area contributed by atoms with E-state index in [1.165, 1.54) is 45.2 Å². The van der Waals surface area contributed by atoms with E-state index < -0.39 is 0 Å². The number of benzene rings is 1. The van der Waals surface area contributed by atoms with Gasteiger partial charge < -0.3 is 10.1 Å². The van der Waals surface area contributed by atoms with Crippen LogP contribution in [0.2, 0.25) is 0 Å². The van der Waals surface area contributed by atoms with E-state index >= 15 is 0 Å². The summed E-state index contributed by atoms with van der Waals surface area (Å²) in [4.78, 5) is 5.40. The summed E-state index contributed by atoms with van der Waals surface area (Å²) in [6, 6.07) is 8.43. The van der Waals surface area contributed by atoms with E-state index in [0.29, 0.717) is 5.54 Å². The molecule has 0 saturated carbocycles. The summed E-state index contributed by atoms with van der Waals surface area (Å²) in [7, 11) is 1.77. The molecule has 1 aromatic carbocycles. The molecule has 0 spiro atoms. The Morgan fingerprint density at radius 2 is 1.65 bits per heavy atom. The van der Waals surface area contributed by atoms with E-state index in [9.17, 15) is 0 Å². The predicted molar refractivity (Wildman–Crippen MR) is 73.4 cm³/mol. The largest absolute Gasteiger partial charge is 0.496 e. The molecule has 0 radical (unpaired) electrons. The summed E-state index contributed by atoms with van der Waals surface area (Å²) in [5.41, 5.74) is 1.78. The molecule has 4 bridgehead atoms. The Labute approximate surface area is 120 Å². The number of nitrogens with two attached hydrogens (primary N) is 1. The van der Waals surface area contributed by atoms with Gasteiger partial charge in [0.1, 0.15) is 12.3 Å². The maximum atomic E-state index is 5.48. The molecule has 108 valence electrons. The molecule has 0 aromatic heterocycles. The Kier molecular flexibility index (Phi) is 2.96. The number of para-hydroxylation sites is 1. The molecule has 4 saturated heterocycles. The third-order valence-electron chi connectivity index (χ3n) is 5.25. The molecule has 5 nitrogen and oxygen atoms in total. The van der Waals surface area contributed by atoms with Gasteiger partial charge in [0.05, 0.1) is 7.11 Å². The van der Waals surface area contributed by atoms with Gasteiger partial charge in [-0.2, -0.15) is 0 Å². The molecule has 5 rings (SSSR count). The minimum Gasteiger partial charge on any atom is -0.496 e. The summed E-state index contributed by atoms with van der Waals surface area (Å²) in [5, 5.41) is 2.60. The molecule has 20 heavy (non-hydrogen) atoms. The zero-order valence-corrected chi connectivity index (χ0v) is 12.2. The van der Waals surface area contributed by atoms with Crippen molar-refractivity contribution in [2.24, 2.45) is 0 Å². The first-order chi connectivity index (χ1) is 9.76. The van der Waals surface area contributed by atoms with Gasteiger partial charge in [0.15, 0.2) is 19.6 Å². The highest BCUT2D eigenvalue weighted by Gasteiger charge is 2.60. The summed E-state index contributed by atoms with van der Waals surface area (Å²) in [6.45, 7) is 9.09. The van der Waals surface area contributed by atoms with Crippen molar-refractivity contribution in [2.75, 3.05) is 46.8 Å². The second-order valence-electron chi connectivity index (χ2n) is 6.89. The van der Waals surface area contributed by atoms with Gasteiger partial charge in [-0.3, -0.25) is 0 Å². The minimum absolute atomic E-state index is 0.454. The Balaban J connectivity index is 1.49. The first-order valence-corrected chi connectivity index (χ1v) is 7.73. The lowest BCUT2D eigenvalue weighted by Crippen LogP contribution is -3.58. The lowest BCUT2D eigenvalue weighted by atomic mass is 9.90. The van der Waals surface area contributed by atoms with Crippen LogP contribution in [0.4, 0.5) is 0 Å². The number of rotatable bonds is 4. The summed E-state index contributed by atoms with van der Waals surface area (Å²) in [5.74, 6) is 1.03. The first kappa shape index (κ1) is 12.6. The third-order valence-corrected chi connectivity index (χ3v) is 5.25. The number of quaternary nitrogens is 4. The fourth-order valence-electron chi connectivity index (χ4n) is 4.72. The summed E-state index contributed by atoms with van der Waals surface area (Å²) >= 11 is 0. The number of hydrogen-bond acceptors (Lipinski definition) is 1. The highest BCUT2D eigenvalue weighted by Crippen LogP contribution is 2.15. The maximum absolute atomic E-state index is 5.48. The molecular formula is C15H26N4O+4. The zero-order chi connectivity index (χ0) is 13.6. The Morgan fingerprint density at radius 1 is 1.05 bits per heavy atom. The monoisotopic (exact) mass is 278 g/mol. The molecule has 0 aliphatic carbocycles. The molecule has 4 aliphatic heterocycles. The number of methoxy groups -OCH3 is 1. The Bertz CT molecular complexity index is 469. The van der Waals surface area contributed by atoms with E-state index in [4.69, 9.17) is 4.74 Å². The van der Waals surface area contributed by atoms with Gasteiger partial charge in [-0.05, 0) is 12.1 Å². The van der Waals surface area contributed by atoms with E-state index in [1.807, 2.05) is 0 Å². The molecule has 0 amide bonds. The van der Waals surface area contributed by atoms with Crippen molar-refractivity contribution in [3.05, 3.63) is 29.8 Å². The standard InChI is InChI=1S/C15H22N4O/c1-20-14-5-3-2-4-13(14)6-16-15-7-17-10-18(8-15)12-19(9-15)11-17/h2-5,16H,6-12H2,1H3/p+4. The molecular weight excluding hydrogens is 252 g/mol. The van der Waals surface area contributed by atoms with Crippen LogP contribution in [-0.4, -0.2) is 52.3 Å². The summed E-state index contributed by atoms with van der Waals surface area (Å²) in [6.07, 6.45) is 0. The average molecular weight is 278 g/mol. The van der Waals surface area contributed by atoms with Crippen LogP contribution < -0.4 is 24.8 Å². The number of nitrogens with one attached hydrogen (secondary N) is 3. The van der Waals surface area contributed by atoms with Gasteiger partial charge in [0.25, 0.3) is 0 Å². The van der Waals surface area contributed by atoms with Gasteiger partial charge >= 0.3 is 0 Å². The molecule has 5 heteroatoms. The van der Waals surface area contributed by atoms with Crippen molar-refractivity contribution in [3.63, 3.8) is 0 Å². The topological polar surface area (TPSA) is 39.2 Å². The molecule has 4 heterocycles. The minimum atomic E-state index is 0.454. The van der Waals surface area contributed by atoms with Crippen LogP contribution in [0, 0.1) is 0 Å². The molecule has 0 unspecified atom stereocenters. The number of ether oxygens (including phenoxy) is 1. The second-order valence-corrected chi connectivity index (χ2v) is 6.89. The fraction of sp³-hybridized carbons (Fsp3) is 0.600. The normalized spacial score (nSPS) is 38.1. The number of hydrogen-bond donors (Lipinski definition) is 4. The lowest BCUT2D eigenvalue weighted by molar-refractivity contribution is -1.31.